The first kappa shape index (κ1) is 13.3. The van der Waals surface area contributed by atoms with E-state index in [4.69, 9.17) is 12.2 Å². The summed E-state index contributed by atoms with van der Waals surface area (Å²) < 4.78 is 4.37. The second-order valence-corrected chi connectivity index (χ2v) is 6.11. The fraction of sp³-hybridized carbons (Fsp3) is 0.846. The molecule has 2 saturated carbocycles. The zero-order chi connectivity index (χ0) is 13.4. The van der Waals surface area contributed by atoms with E-state index in [1.807, 2.05) is 11.7 Å². The first-order valence-corrected chi connectivity index (χ1v) is 7.61. The van der Waals surface area contributed by atoms with E-state index in [-0.39, 0.29) is 6.61 Å². The van der Waals surface area contributed by atoms with Gasteiger partial charge in [-0.2, -0.15) is 5.10 Å². The monoisotopic (exact) mass is 282 g/mol. The second kappa shape index (κ2) is 5.34. The highest BCUT2D eigenvalue weighted by molar-refractivity contribution is 7.71. The van der Waals surface area contributed by atoms with Crippen LogP contribution in [0.25, 0.3) is 0 Å². The normalized spacial score (nSPS) is 20.6. The third-order valence-electron chi connectivity index (χ3n) is 4.38. The molecule has 1 heterocycles. The standard InChI is InChI=1S/C13H22N4OS/c1-15-12(8-18)14-17(13(15)19)9-16(11-6-7-11)10-4-2-3-5-10/h10-11,18H,2-9H2,1H3. The lowest BCUT2D eigenvalue weighted by Gasteiger charge is -2.28. The summed E-state index contributed by atoms with van der Waals surface area (Å²) in [6, 6.07) is 1.43. The van der Waals surface area contributed by atoms with Crippen LogP contribution in [0.5, 0.6) is 0 Å². The molecule has 0 radical (unpaired) electrons. The van der Waals surface area contributed by atoms with Gasteiger partial charge in [-0.15, -0.1) is 0 Å². The van der Waals surface area contributed by atoms with Gasteiger partial charge in [0.1, 0.15) is 6.61 Å². The van der Waals surface area contributed by atoms with Gasteiger partial charge in [-0.25, -0.2) is 4.68 Å². The van der Waals surface area contributed by atoms with Crippen LogP contribution in [-0.4, -0.2) is 36.4 Å². The molecule has 0 aliphatic heterocycles. The predicted molar refractivity (Wildman–Crippen MR) is 75.1 cm³/mol. The van der Waals surface area contributed by atoms with Crippen molar-refractivity contribution in [3.8, 4) is 0 Å². The Labute approximate surface area is 118 Å². The van der Waals surface area contributed by atoms with Crippen LogP contribution in [0, 0.1) is 4.77 Å². The number of nitrogens with zero attached hydrogens (tertiary/aromatic N) is 4. The molecular weight excluding hydrogens is 260 g/mol. The molecule has 0 bridgehead atoms. The molecule has 5 nitrogen and oxygen atoms in total. The van der Waals surface area contributed by atoms with Crippen LogP contribution in [-0.2, 0) is 20.3 Å². The first-order chi connectivity index (χ1) is 9.20. The largest absolute Gasteiger partial charge is 0.388 e. The van der Waals surface area contributed by atoms with Crippen LogP contribution in [0.4, 0.5) is 0 Å². The Hall–Kier alpha value is -0.720. The number of aromatic nitrogens is 3. The van der Waals surface area contributed by atoms with E-state index in [1.165, 1.54) is 38.5 Å². The molecule has 1 N–H and O–H groups in total. The van der Waals surface area contributed by atoms with E-state index < -0.39 is 0 Å². The highest BCUT2D eigenvalue weighted by atomic mass is 32.1. The van der Waals surface area contributed by atoms with Gasteiger partial charge in [-0.1, -0.05) is 12.8 Å². The summed E-state index contributed by atoms with van der Waals surface area (Å²) in [6.07, 6.45) is 7.94. The van der Waals surface area contributed by atoms with Crippen molar-refractivity contribution in [2.45, 2.75) is 63.9 Å². The Morgan fingerprint density at radius 1 is 1.26 bits per heavy atom. The van der Waals surface area contributed by atoms with Crippen LogP contribution in [0.2, 0.25) is 0 Å². The van der Waals surface area contributed by atoms with Crippen LogP contribution >= 0.6 is 12.2 Å². The summed E-state index contributed by atoms with van der Waals surface area (Å²) in [5, 5.41) is 13.7. The van der Waals surface area contributed by atoms with E-state index >= 15 is 0 Å². The van der Waals surface area contributed by atoms with Crippen molar-refractivity contribution in [1.82, 2.24) is 19.2 Å². The Morgan fingerprint density at radius 2 is 1.89 bits per heavy atom. The van der Waals surface area contributed by atoms with Crippen molar-refractivity contribution in [2.24, 2.45) is 7.05 Å². The van der Waals surface area contributed by atoms with Gasteiger partial charge in [0.05, 0.1) is 6.67 Å². The van der Waals surface area contributed by atoms with Gasteiger partial charge in [-0.05, 0) is 37.9 Å². The van der Waals surface area contributed by atoms with E-state index in [2.05, 4.69) is 10.00 Å². The van der Waals surface area contributed by atoms with Crippen molar-refractivity contribution < 1.29 is 5.11 Å². The van der Waals surface area contributed by atoms with Crippen molar-refractivity contribution in [3.05, 3.63) is 10.6 Å². The zero-order valence-electron chi connectivity index (χ0n) is 11.5. The lowest BCUT2D eigenvalue weighted by Crippen LogP contribution is -2.37. The van der Waals surface area contributed by atoms with Gasteiger partial charge in [0.25, 0.3) is 0 Å². The minimum atomic E-state index is -0.0556. The summed E-state index contributed by atoms with van der Waals surface area (Å²) in [5.41, 5.74) is 0. The summed E-state index contributed by atoms with van der Waals surface area (Å²) in [5.74, 6) is 0.646. The zero-order valence-corrected chi connectivity index (χ0v) is 12.3. The SMILES string of the molecule is Cn1c(CO)nn(CN(C2CCCC2)C2CC2)c1=S. The van der Waals surface area contributed by atoms with Gasteiger partial charge in [-0.3, -0.25) is 4.90 Å². The van der Waals surface area contributed by atoms with Gasteiger partial charge in [0.2, 0.25) is 0 Å². The molecule has 0 unspecified atom stereocenters. The third-order valence-corrected chi connectivity index (χ3v) is 4.86. The van der Waals surface area contributed by atoms with Crippen molar-refractivity contribution in [3.63, 3.8) is 0 Å². The number of rotatable bonds is 5. The van der Waals surface area contributed by atoms with Crippen molar-refractivity contribution in [2.75, 3.05) is 0 Å². The molecule has 2 aliphatic carbocycles. The molecule has 6 heteroatoms. The molecule has 2 fully saturated rings. The Bertz CT molecular complexity index is 499. The van der Waals surface area contributed by atoms with Gasteiger partial charge in [0, 0.05) is 19.1 Å². The second-order valence-electron chi connectivity index (χ2n) is 5.74. The summed E-state index contributed by atoms with van der Waals surface area (Å²) >= 11 is 5.41. The predicted octanol–water partition coefficient (Wildman–Crippen LogP) is 1.81. The quantitative estimate of drug-likeness (QED) is 0.837. The molecular formula is C13H22N4OS. The van der Waals surface area contributed by atoms with Crippen molar-refractivity contribution >= 4 is 12.2 Å². The Kier molecular flexibility index (Phi) is 3.73. The number of aliphatic hydroxyl groups is 1. The van der Waals surface area contributed by atoms with E-state index in [0.717, 1.165) is 12.7 Å². The van der Waals surface area contributed by atoms with Gasteiger partial charge >= 0.3 is 0 Å². The van der Waals surface area contributed by atoms with E-state index in [0.29, 0.717) is 16.6 Å². The summed E-state index contributed by atoms with van der Waals surface area (Å²) in [4.78, 5) is 2.58. The highest BCUT2D eigenvalue weighted by Gasteiger charge is 2.35. The fourth-order valence-corrected chi connectivity index (χ4v) is 3.29. The molecule has 2 aliphatic rings. The molecule has 19 heavy (non-hydrogen) atoms. The molecule has 3 rings (SSSR count). The lowest BCUT2D eigenvalue weighted by atomic mass is 10.2. The smallest absolute Gasteiger partial charge is 0.198 e. The van der Waals surface area contributed by atoms with Crippen LogP contribution < -0.4 is 0 Å². The Morgan fingerprint density at radius 3 is 2.42 bits per heavy atom. The van der Waals surface area contributed by atoms with Gasteiger partial charge < -0.3 is 9.67 Å². The summed E-state index contributed by atoms with van der Waals surface area (Å²) in [7, 11) is 1.87. The maximum atomic E-state index is 9.27. The molecule has 0 amide bonds. The fourth-order valence-electron chi connectivity index (χ4n) is 3.09. The van der Waals surface area contributed by atoms with Gasteiger partial charge in [0.15, 0.2) is 10.6 Å². The first-order valence-electron chi connectivity index (χ1n) is 7.20. The average Bonchev–Trinajstić information content (AvgIpc) is 3.04. The van der Waals surface area contributed by atoms with E-state index in [1.54, 1.807) is 4.57 Å². The highest BCUT2D eigenvalue weighted by Crippen LogP contribution is 2.34. The molecule has 0 saturated heterocycles. The summed E-state index contributed by atoms with van der Waals surface area (Å²) in [6.45, 7) is 0.724. The molecule has 0 atom stereocenters. The molecule has 1 aromatic heterocycles. The molecule has 106 valence electrons. The average molecular weight is 282 g/mol. The topological polar surface area (TPSA) is 46.2 Å². The molecule has 0 spiro atoms. The molecule has 0 aromatic carbocycles. The Balaban J connectivity index is 1.79. The maximum absolute atomic E-state index is 9.27. The number of aliphatic hydroxyl groups excluding tert-OH is 1. The number of hydrogen-bond donors (Lipinski definition) is 1. The third kappa shape index (κ3) is 2.61. The minimum absolute atomic E-state index is 0.0556. The van der Waals surface area contributed by atoms with E-state index in [9.17, 15) is 5.11 Å². The lowest BCUT2D eigenvalue weighted by molar-refractivity contribution is 0.133. The molecule has 1 aromatic rings. The van der Waals surface area contributed by atoms with Crippen LogP contribution in [0.15, 0.2) is 0 Å². The van der Waals surface area contributed by atoms with Crippen molar-refractivity contribution in [1.29, 1.82) is 0 Å². The maximum Gasteiger partial charge on any atom is 0.198 e. The number of hydrogen-bond acceptors (Lipinski definition) is 4. The van der Waals surface area contributed by atoms with Crippen LogP contribution in [0.1, 0.15) is 44.3 Å². The minimum Gasteiger partial charge on any atom is -0.388 e. The van der Waals surface area contributed by atoms with Crippen LogP contribution in [0.3, 0.4) is 0 Å².